The highest BCUT2D eigenvalue weighted by Crippen LogP contribution is 2.40. The highest BCUT2D eigenvalue weighted by Gasteiger charge is 2.35. The van der Waals surface area contributed by atoms with E-state index in [0.717, 1.165) is 11.6 Å². The Kier molecular flexibility index (Phi) is 8.32. The summed E-state index contributed by atoms with van der Waals surface area (Å²) in [5, 5.41) is 4.21. The van der Waals surface area contributed by atoms with Gasteiger partial charge in [0.1, 0.15) is 11.6 Å². The number of hydrogen-bond acceptors (Lipinski definition) is 10. The van der Waals surface area contributed by atoms with Crippen LogP contribution in [0.1, 0.15) is 11.1 Å². The van der Waals surface area contributed by atoms with E-state index < -0.39 is 26.1 Å². The molecule has 248 valence electrons. The summed E-state index contributed by atoms with van der Waals surface area (Å²) >= 11 is 0. The molecular weight excluding hydrogens is 655 g/mol. The molecule has 4 aromatic rings. The van der Waals surface area contributed by atoms with Gasteiger partial charge < -0.3 is 15.5 Å². The van der Waals surface area contributed by atoms with E-state index in [1.54, 1.807) is 36.7 Å². The molecule has 1 aliphatic carbocycles. The standard InChI is InChI=1S/C32H33N9O5S2/c33-32(42)37-36-31-27-21-23(47(43,44)40-17-13-38(14-18-40)29-5-1-3-11-34-29)7-9-25(27)26-10-8-24(22-28(26)31)48(45,46)41-19-15-39(16-20-41)30-6-2-4-12-35-30/h1-12,21-22H,13-20H2,(H3,33,37,42). The van der Waals surface area contributed by atoms with Crippen molar-refractivity contribution < 1.29 is 21.6 Å². The first kappa shape index (κ1) is 31.7. The Labute approximate surface area is 278 Å². The van der Waals surface area contributed by atoms with E-state index >= 15 is 0 Å². The number of nitrogens with two attached hydrogens (primary N) is 1. The second kappa shape index (κ2) is 12.6. The summed E-state index contributed by atoms with van der Waals surface area (Å²) in [6, 6.07) is 19.8. The van der Waals surface area contributed by atoms with Crippen LogP contribution in [0.4, 0.5) is 16.4 Å². The Hall–Kier alpha value is -4.90. The van der Waals surface area contributed by atoms with E-state index in [9.17, 15) is 21.6 Å². The van der Waals surface area contributed by atoms with Crippen LogP contribution in [0, 0.1) is 0 Å². The number of hydrogen-bond donors (Lipinski definition) is 2. The largest absolute Gasteiger partial charge is 0.354 e. The van der Waals surface area contributed by atoms with Crippen molar-refractivity contribution in [2.45, 2.75) is 9.79 Å². The number of amides is 2. The molecule has 0 unspecified atom stereocenters. The predicted molar refractivity (Wildman–Crippen MR) is 181 cm³/mol. The molecule has 2 fully saturated rings. The number of nitrogens with zero attached hydrogens (tertiary/aromatic N) is 7. The Morgan fingerprint density at radius 2 is 1.06 bits per heavy atom. The first-order chi connectivity index (χ1) is 23.1. The zero-order valence-electron chi connectivity index (χ0n) is 25.8. The topological polar surface area (TPSA) is 174 Å². The minimum atomic E-state index is -3.89. The fourth-order valence-electron chi connectivity index (χ4n) is 6.30. The normalized spacial score (nSPS) is 17.1. The van der Waals surface area contributed by atoms with Gasteiger partial charge in [-0.25, -0.2) is 37.0 Å². The van der Waals surface area contributed by atoms with E-state index in [4.69, 9.17) is 5.73 Å². The molecule has 0 spiro atoms. The molecule has 3 aliphatic rings. The maximum Gasteiger partial charge on any atom is 0.332 e. The van der Waals surface area contributed by atoms with Crippen molar-refractivity contribution in [1.82, 2.24) is 24.0 Å². The van der Waals surface area contributed by atoms with Crippen molar-refractivity contribution in [2.75, 3.05) is 62.2 Å². The Morgan fingerprint density at radius 3 is 1.44 bits per heavy atom. The number of urea groups is 1. The van der Waals surface area contributed by atoms with Gasteiger partial charge in [0.05, 0.1) is 15.5 Å². The van der Waals surface area contributed by atoms with Crippen molar-refractivity contribution in [2.24, 2.45) is 10.8 Å². The van der Waals surface area contributed by atoms with Gasteiger partial charge in [-0.1, -0.05) is 24.3 Å². The van der Waals surface area contributed by atoms with E-state index in [1.165, 1.54) is 20.7 Å². The van der Waals surface area contributed by atoms with Crippen LogP contribution in [-0.4, -0.2) is 99.5 Å². The number of anilines is 2. The van der Waals surface area contributed by atoms with Gasteiger partial charge >= 0.3 is 6.03 Å². The lowest BCUT2D eigenvalue weighted by Crippen LogP contribution is -2.48. The quantitative estimate of drug-likeness (QED) is 0.242. The molecule has 2 aromatic heterocycles. The van der Waals surface area contributed by atoms with Gasteiger partial charge in [-0.3, -0.25) is 0 Å². The average Bonchev–Trinajstić information content (AvgIpc) is 3.43. The van der Waals surface area contributed by atoms with E-state index in [-0.39, 0.29) is 41.7 Å². The van der Waals surface area contributed by atoms with Crippen molar-refractivity contribution >= 4 is 43.4 Å². The molecule has 16 heteroatoms. The van der Waals surface area contributed by atoms with Crippen molar-refractivity contribution in [1.29, 1.82) is 0 Å². The summed E-state index contributed by atoms with van der Waals surface area (Å²) in [7, 11) is -7.79. The van der Waals surface area contributed by atoms with Crippen molar-refractivity contribution in [3.8, 4) is 11.1 Å². The third-order valence-corrected chi connectivity index (χ3v) is 12.5. The predicted octanol–water partition coefficient (Wildman–Crippen LogP) is 1.90. The minimum Gasteiger partial charge on any atom is -0.354 e. The molecule has 3 N–H and O–H groups in total. The highest BCUT2D eigenvalue weighted by molar-refractivity contribution is 7.89. The number of carbonyl (C=O) groups excluding carboxylic acids is 1. The number of carbonyl (C=O) groups is 1. The molecule has 7 rings (SSSR count). The zero-order valence-corrected chi connectivity index (χ0v) is 27.4. The van der Waals surface area contributed by atoms with Crippen LogP contribution < -0.4 is 21.0 Å². The summed E-state index contributed by atoms with van der Waals surface area (Å²) < 4.78 is 58.2. The highest BCUT2D eigenvalue weighted by atomic mass is 32.2. The fraction of sp³-hybridized carbons (Fsp3) is 0.250. The molecule has 14 nitrogen and oxygen atoms in total. The van der Waals surface area contributed by atoms with Gasteiger partial charge in [0.2, 0.25) is 20.0 Å². The van der Waals surface area contributed by atoms with Gasteiger partial charge in [0.25, 0.3) is 0 Å². The summed E-state index contributed by atoms with van der Waals surface area (Å²) in [6.07, 6.45) is 3.41. The molecule has 48 heavy (non-hydrogen) atoms. The number of sulfonamides is 2. The van der Waals surface area contributed by atoms with Crippen LogP contribution in [0.2, 0.25) is 0 Å². The molecule has 0 saturated carbocycles. The number of pyridine rings is 2. The monoisotopic (exact) mass is 687 g/mol. The average molecular weight is 688 g/mol. The summed E-state index contributed by atoms with van der Waals surface area (Å²) in [5.74, 6) is 1.58. The maximum atomic E-state index is 13.8. The maximum absolute atomic E-state index is 13.8. The number of aromatic nitrogens is 2. The Morgan fingerprint density at radius 1 is 0.625 bits per heavy atom. The zero-order chi connectivity index (χ0) is 33.5. The first-order valence-electron chi connectivity index (χ1n) is 15.4. The third kappa shape index (κ3) is 5.87. The van der Waals surface area contributed by atoms with Crippen LogP contribution in [0.5, 0.6) is 0 Å². The Bertz CT molecular complexity index is 1960. The molecule has 2 aromatic carbocycles. The number of hydrazone groups is 1. The second-order valence-corrected chi connectivity index (χ2v) is 15.4. The van der Waals surface area contributed by atoms with Gasteiger partial charge in [0, 0.05) is 75.9 Å². The van der Waals surface area contributed by atoms with Crippen molar-refractivity contribution in [3.05, 3.63) is 96.3 Å². The number of primary amides is 1. The van der Waals surface area contributed by atoms with Crippen LogP contribution in [0.3, 0.4) is 0 Å². The van der Waals surface area contributed by atoms with Crippen molar-refractivity contribution in [3.63, 3.8) is 0 Å². The SMILES string of the molecule is NC(=O)NN=C1c2cc(S(=O)(=O)N3CCN(c4ccccn4)CC3)ccc2-c2ccc(S(=O)(=O)N3CCN(c4ccccn4)CC3)cc21. The molecule has 2 aliphatic heterocycles. The fourth-order valence-corrected chi connectivity index (χ4v) is 9.20. The number of piperazine rings is 2. The molecule has 2 amide bonds. The van der Waals surface area contributed by atoms with E-state index in [2.05, 4.69) is 20.5 Å². The molecular formula is C32H33N9O5S2. The van der Waals surface area contributed by atoms with Gasteiger partial charge in [-0.2, -0.15) is 13.7 Å². The molecule has 0 bridgehead atoms. The van der Waals surface area contributed by atoms with Crippen LogP contribution in [0.15, 0.2) is 100 Å². The molecule has 2 saturated heterocycles. The van der Waals surface area contributed by atoms with Crippen LogP contribution in [-0.2, 0) is 20.0 Å². The summed E-state index contributed by atoms with van der Waals surface area (Å²) in [4.78, 5) is 24.6. The smallest absolute Gasteiger partial charge is 0.332 e. The van der Waals surface area contributed by atoms with Gasteiger partial charge in [-0.05, 0) is 59.7 Å². The lowest BCUT2D eigenvalue weighted by Gasteiger charge is -2.34. The molecule has 0 atom stereocenters. The van der Waals surface area contributed by atoms with E-state index in [1.807, 2.05) is 46.2 Å². The minimum absolute atomic E-state index is 0.0609. The summed E-state index contributed by atoms with van der Waals surface area (Å²) in [5.41, 5.74) is 9.96. The molecule has 4 heterocycles. The van der Waals surface area contributed by atoms with Gasteiger partial charge in [-0.15, -0.1) is 0 Å². The third-order valence-electron chi connectivity index (χ3n) is 8.76. The molecule has 0 radical (unpaired) electrons. The Balaban J connectivity index is 1.15. The number of nitrogens with one attached hydrogen (secondary N) is 1. The lowest BCUT2D eigenvalue weighted by molar-refractivity contribution is 0.249. The number of fused-ring (bicyclic) bond motifs is 3. The van der Waals surface area contributed by atoms with Gasteiger partial charge in [0.15, 0.2) is 0 Å². The second-order valence-electron chi connectivity index (χ2n) is 11.5. The first-order valence-corrected chi connectivity index (χ1v) is 18.3. The van der Waals surface area contributed by atoms with E-state index in [0.29, 0.717) is 48.4 Å². The van der Waals surface area contributed by atoms with Crippen LogP contribution in [0.25, 0.3) is 11.1 Å². The van der Waals surface area contributed by atoms with Crippen LogP contribution >= 0.6 is 0 Å². The lowest BCUT2D eigenvalue weighted by atomic mass is 10.1. The number of benzene rings is 2. The summed E-state index contributed by atoms with van der Waals surface area (Å²) in [6.45, 7) is 3.04. The number of rotatable bonds is 7.